The van der Waals surface area contributed by atoms with E-state index in [0.717, 1.165) is 24.9 Å². The molecule has 0 bridgehead atoms. The van der Waals surface area contributed by atoms with Gasteiger partial charge in [0.05, 0.1) is 6.04 Å². The minimum absolute atomic E-state index is 0.0774. The first-order valence-electron chi connectivity index (χ1n) is 6.28. The van der Waals surface area contributed by atoms with Crippen molar-refractivity contribution in [2.75, 3.05) is 6.54 Å². The summed E-state index contributed by atoms with van der Waals surface area (Å²) in [5, 5.41) is 0. The van der Waals surface area contributed by atoms with E-state index in [1.807, 2.05) is 35.2 Å². The van der Waals surface area contributed by atoms with Crippen molar-refractivity contribution in [3.63, 3.8) is 0 Å². The van der Waals surface area contributed by atoms with Gasteiger partial charge in [0.2, 0.25) is 0 Å². The predicted molar refractivity (Wildman–Crippen MR) is 64.6 cm³/mol. The molecule has 0 aliphatic carbocycles. The third-order valence-corrected chi connectivity index (χ3v) is 3.85. The van der Waals surface area contributed by atoms with Crippen molar-refractivity contribution in [2.24, 2.45) is 5.92 Å². The van der Waals surface area contributed by atoms with Crippen molar-refractivity contribution >= 4 is 6.09 Å². The number of hydrogen-bond acceptors (Lipinski definition) is 2. The number of amides is 1. The molecular weight excluding hydrogens is 214 g/mol. The van der Waals surface area contributed by atoms with E-state index in [1.165, 1.54) is 0 Å². The first-order valence-corrected chi connectivity index (χ1v) is 6.28. The second-order valence-corrected chi connectivity index (χ2v) is 5.11. The van der Waals surface area contributed by atoms with Crippen LogP contribution in [0.25, 0.3) is 0 Å². The summed E-state index contributed by atoms with van der Waals surface area (Å²) in [6.07, 6.45) is 1.92. The SMILES string of the molecule is CC1CCN2C(=O)OC(c3ccccc3)C2C1. The van der Waals surface area contributed by atoms with Gasteiger partial charge in [0.15, 0.2) is 0 Å². The van der Waals surface area contributed by atoms with Gasteiger partial charge in [-0.2, -0.15) is 0 Å². The fourth-order valence-electron chi connectivity index (χ4n) is 2.88. The summed E-state index contributed by atoms with van der Waals surface area (Å²) < 4.78 is 5.53. The number of carbonyl (C=O) groups is 1. The lowest BCUT2D eigenvalue weighted by Gasteiger charge is -2.32. The molecule has 3 unspecified atom stereocenters. The molecule has 0 spiro atoms. The number of benzene rings is 1. The largest absolute Gasteiger partial charge is 0.439 e. The molecule has 17 heavy (non-hydrogen) atoms. The highest BCUT2D eigenvalue weighted by Gasteiger charge is 2.44. The number of piperidine rings is 1. The zero-order valence-electron chi connectivity index (χ0n) is 10.0. The van der Waals surface area contributed by atoms with Crippen LogP contribution in [-0.2, 0) is 4.74 Å². The minimum Gasteiger partial charge on any atom is -0.439 e. The van der Waals surface area contributed by atoms with Gasteiger partial charge in [-0.25, -0.2) is 4.79 Å². The standard InChI is InChI=1S/C14H17NO2/c1-10-7-8-15-12(9-10)13(17-14(15)16)11-5-3-2-4-6-11/h2-6,10,12-13H,7-9H2,1H3. The van der Waals surface area contributed by atoms with Crippen LogP contribution in [0.15, 0.2) is 30.3 Å². The van der Waals surface area contributed by atoms with Crippen molar-refractivity contribution < 1.29 is 9.53 Å². The minimum atomic E-state index is -0.143. The smallest absolute Gasteiger partial charge is 0.410 e. The van der Waals surface area contributed by atoms with E-state index < -0.39 is 0 Å². The Morgan fingerprint density at radius 1 is 1.29 bits per heavy atom. The van der Waals surface area contributed by atoms with Crippen LogP contribution in [0.3, 0.4) is 0 Å². The average Bonchev–Trinajstić information content (AvgIpc) is 2.67. The number of rotatable bonds is 1. The molecule has 3 nitrogen and oxygen atoms in total. The Labute approximate surface area is 101 Å². The lowest BCUT2D eigenvalue weighted by molar-refractivity contribution is 0.129. The summed E-state index contributed by atoms with van der Waals surface area (Å²) in [5.74, 6) is 0.678. The maximum Gasteiger partial charge on any atom is 0.410 e. The Morgan fingerprint density at radius 3 is 2.82 bits per heavy atom. The predicted octanol–water partition coefficient (Wildman–Crippen LogP) is 2.98. The molecule has 2 heterocycles. The molecule has 90 valence electrons. The highest BCUT2D eigenvalue weighted by atomic mass is 16.6. The molecule has 1 aromatic carbocycles. The van der Waals surface area contributed by atoms with E-state index in [2.05, 4.69) is 6.92 Å². The molecule has 1 amide bonds. The fourth-order valence-corrected chi connectivity index (χ4v) is 2.88. The lowest BCUT2D eigenvalue weighted by atomic mass is 9.88. The van der Waals surface area contributed by atoms with Crippen LogP contribution < -0.4 is 0 Å². The first-order chi connectivity index (χ1) is 8.25. The lowest BCUT2D eigenvalue weighted by Crippen LogP contribution is -2.40. The molecule has 2 aliphatic rings. The Balaban J connectivity index is 1.89. The van der Waals surface area contributed by atoms with Gasteiger partial charge in [0.25, 0.3) is 0 Å². The van der Waals surface area contributed by atoms with Crippen LogP contribution in [0, 0.1) is 5.92 Å². The summed E-state index contributed by atoms with van der Waals surface area (Å²) in [6, 6.07) is 10.3. The van der Waals surface area contributed by atoms with Gasteiger partial charge in [-0.3, -0.25) is 0 Å². The number of ether oxygens (including phenoxy) is 1. The quantitative estimate of drug-likeness (QED) is 0.743. The van der Waals surface area contributed by atoms with Crippen molar-refractivity contribution in [3.05, 3.63) is 35.9 Å². The molecule has 2 aliphatic heterocycles. The summed E-state index contributed by atoms with van der Waals surface area (Å²) >= 11 is 0. The van der Waals surface area contributed by atoms with E-state index >= 15 is 0 Å². The maximum absolute atomic E-state index is 11.8. The van der Waals surface area contributed by atoms with Gasteiger partial charge in [0.1, 0.15) is 6.10 Å². The summed E-state index contributed by atoms with van der Waals surface area (Å²) in [5.41, 5.74) is 1.11. The van der Waals surface area contributed by atoms with E-state index in [0.29, 0.717) is 5.92 Å². The fraction of sp³-hybridized carbons (Fsp3) is 0.500. The van der Waals surface area contributed by atoms with Crippen molar-refractivity contribution in [3.8, 4) is 0 Å². The van der Waals surface area contributed by atoms with Gasteiger partial charge in [0, 0.05) is 6.54 Å². The van der Waals surface area contributed by atoms with Crippen LogP contribution >= 0.6 is 0 Å². The van der Waals surface area contributed by atoms with Crippen molar-refractivity contribution in [1.82, 2.24) is 4.90 Å². The molecule has 1 aromatic rings. The molecule has 0 saturated carbocycles. The van der Waals surface area contributed by atoms with Crippen LogP contribution in [0.1, 0.15) is 31.4 Å². The zero-order chi connectivity index (χ0) is 11.8. The topological polar surface area (TPSA) is 29.5 Å². The van der Waals surface area contributed by atoms with Gasteiger partial charge in [-0.05, 0) is 24.3 Å². The van der Waals surface area contributed by atoms with Crippen molar-refractivity contribution in [2.45, 2.75) is 31.9 Å². The van der Waals surface area contributed by atoms with E-state index in [1.54, 1.807) is 0 Å². The Morgan fingerprint density at radius 2 is 2.06 bits per heavy atom. The second kappa shape index (κ2) is 4.06. The van der Waals surface area contributed by atoms with Crippen LogP contribution in [-0.4, -0.2) is 23.6 Å². The number of nitrogens with zero attached hydrogens (tertiary/aromatic N) is 1. The number of cyclic esters (lactones) is 1. The Bertz CT molecular complexity index is 417. The van der Waals surface area contributed by atoms with Crippen molar-refractivity contribution in [1.29, 1.82) is 0 Å². The highest BCUT2D eigenvalue weighted by Crippen LogP contribution is 2.39. The number of carbonyl (C=O) groups excluding carboxylic acids is 1. The van der Waals surface area contributed by atoms with Gasteiger partial charge in [-0.15, -0.1) is 0 Å². The molecule has 3 atom stereocenters. The normalized spacial score (nSPS) is 32.2. The van der Waals surface area contributed by atoms with Crippen LogP contribution in [0.2, 0.25) is 0 Å². The summed E-state index contributed by atoms with van der Waals surface area (Å²) in [7, 11) is 0. The third-order valence-electron chi connectivity index (χ3n) is 3.85. The Hall–Kier alpha value is -1.51. The molecular formula is C14H17NO2. The second-order valence-electron chi connectivity index (χ2n) is 5.11. The average molecular weight is 231 g/mol. The molecule has 2 saturated heterocycles. The highest BCUT2D eigenvalue weighted by molar-refractivity contribution is 5.71. The van der Waals surface area contributed by atoms with Gasteiger partial charge in [-0.1, -0.05) is 37.3 Å². The van der Waals surface area contributed by atoms with E-state index in [-0.39, 0.29) is 18.2 Å². The summed E-state index contributed by atoms with van der Waals surface area (Å²) in [6.45, 7) is 3.09. The molecule has 0 radical (unpaired) electrons. The van der Waals surface area contributed by atoms with Crippen LogP contribution in [0.4, 0.5) is 4.79 Å². The van der Waals surface area contributed by atoms with E-state index in [4.69, 9.17) is 4.74 Å². The summed E-state index contributed by atoms with van der Waals surface area (Å²) in [4.78, 5) is 13.7. The molecule has 0 aromatic heterocycles. The van der Waals surface area contributed by atoms with Crippen LogP contribution in [0.5, 0.6) is 0 Å². The van der Waals surface area contributed by atoms with Gasteiger partial charge >= 0.3 is 6.09 Å². The maximum atomic E-state index is 11.8. The van der Waals surface area contributed by atoms with Gasteiger partial charge < -0.3 is 9.64 Å². The molecule has 3 rings (SSSR count). The molecule has 3 heteroatoms. The Kier molecular flexibility index (Phi) is 2.54. The zero-order valence-corrected chi connectivity index (χ0v) is 10.0. The number of fused-ring (bicyclic) bond motifs is 1. The number of hydrogen-bond donors (Lipinski definition) is 0. The molecule has 0 N–H and O–H groups in total. The third kappa shape index (κ3) is 1.79. The molecule has 2 fully saturated rings. The first kappa shape index (κ1) is 10.6. The van der Waals surface area contributed by atoms with E-state index in [9.17, 15) is 4.79 Å². The monoisotopic (exact) mass is 231 g/mol.